The van der Waals surface area contributed by atoms with Gasteiger partial charge in [0.15, 0.2) is 0 Å². The van der Waals surface area contributed by atoms with Crippen LogP contribution in [0.1, 0.15) is 12.7 Å². The third-order valence-electron chi connectivity index (χ3n) is 3.96. The number of benzene rings is 2. The predicted octanol–water partition coefficient (Wildman–Crippen LogP) is 2.28. The third kappa shape index (κ3) is 3.92. The highest BCUT2D eigenvalue weighted by Crippen LogP contribution is 2.16. The lowest BCUT2D eigenvalue weighted by Crippen LogP contribution is -2.27. The van der Waals surface area contributed by atoms with Gasteiger partial charge in [-0.25, -0.2) is 18.1 Å². The summed E-state index contributed by atoms with van der Waals surface area (Å²) in [6.45, 7) is 4.02. The number of aryl methyl sites for hydroxylation is 1. The van der Waals surface area contributed by atoms with Crippen LogP contribution in [0, 0.1) is 6.92 Å². The molecule has 1 heterocycles. The minimum Gasteiger partial charge on any atom is -0.327 e. The number of para-hydroxylation sites is 2. The number of fused-ring (bicyclic) bond motifs is 1. The highest BCUT2D eigenvalue weighted by atomic mass is 32.2. The van der Waals surface area contributed by atoms with E-state index in [1.54, 1.807) is 12.1 Å². The second-order valence-electron chi connectivity index (χ2n) is 5.90. The number of hydrogen-bond donors (Lipinski definition) is 2. The number of hydrogen-bond acceptors (Lipinski definition) is 4. The molecule has 0 atom stereocenters. The number of carbonyl (C=O) groups excluding carboxylic acids is 1. The van der Waals surface area contributed by atoms with E-state index in [1.807, 2.05) is 35.8 Å². The maximum absolute atomic E-state index is 12.4. The van der Waals surface area contributed by atoms with Crippen LogP contribution in [0.4, 0.5) is 5.69 Å². The topological polar surface area (TPSA) is 93.1 Å². The van der Waals surface area contributed by atoms with E-state index in [1.165, 1.54) is 19.1 Å². The van der Waals surface area contributed by atoms with E-state index in [2.05, 4.69) is 15.0 Å². The molecule has 2 N–H and O–H groups in total. The number of anilines is 1. The van der Waals surface area contributed by atoms with Gasteiger partial charge in [-0.2, -0.15) is 0 Å². The molecule has 2 aromatic carbocycles. The zero-order valence-electron chi connectivity index (χ0n) is 14.6. The second-order valence-corrected chi connectivity index (χ2v) is 7.67. The summed E-state index contributed by atoms with van der Waals surface area (Å²) in [5.74, 6) is 0.631. The monoisotopic (exact) mass is 372 g/mol. The number of sulfonamides is 1. The Balaban J connectivity index is 1.68. The molecule has 0 fully saturated rings. The summed E-state index contributed by atoms with van der Waals surface area (Å²) in [6.07, 6.45) is 0. The summed E-state index contributed by atoms with van der Waals surface area (Å²) in [5.41, 5.74) is 2.42. The van der Waals surface area contributed by atoms with Crippen molar-refractivity contribution >= 4 is 32.7 Å². The molecule has 8 heteroatoms. The largest absolute Gasteiger partial charge is 0.327 e. The number of imidazole rings is 1. The summed E-state index contributed by atoms with van der Waals surface area (Å²) < 4.78 is 29.4. The molecule has 0 saturated carbocycles. The van der Waals surface area contributed by atoms with E-state index in [0.29, 0.717) is 12.2 Å². The van der Waals surface area contributed by atoms with Gasteiger partial charge in [-0.15, -0.1) is 0 Å². The molecule has 26 heavy (non-hydrogen) atoms. The molecule has 7 nitrogen and oxygen atoms in total. The molecule has 0 aliphatic heterocycles. The molecule has 1 amide bonds. The third-order valence-corrected chi connectivity index (χ3v) is 5.43. The van der Waals surface area contributed by atoms with Gasteiger partial charge in [-0.3, -0.25) is 4.79 Å². The second kappa shape index (κ2) is 7.27. The number of rotatable bonds is 6. The van der Waals surface area contributed by atoms with Crippen molar-refractivity contribution in [2.24, 2.45) is 0 Å². The fourth-order valence-corrected chi connectivity index (χ4v) is 3.80. The smallest absolute Gasteiger partial charge is 0.240 e. The van der Waals surface area contributed by atoms with Crippen molar-refractivity contribution < 1.29 is 13.2 Å². The van der Waals surface area contributed by atoms with Gasteiger partial charge in [0.25, 0.3) is 0 Å². The normalized spacial score (nSPS) is 11.6. The Morgan fingerprint density at radius 2 is 1.81 bits per heavy atom. The van der Waals surface area contributed by atoms with Crippen LogP contribution in [0.3, 0.4) is 0 Å². The Bertz CT molecular complexity index is 1040. The predicted molar refractivity (Wildman–Crippen MR) is 100 cm³/mol. The molecule has 0 saturated heterocycles. The number of aromatic nitrogens is 2. The Labute approximate surface area is 152 Å². The number of carbonyl (C=O) groups is 1. The lowest BCUT2D eigenvalue weighted by atomic mass is 10.3. The van der Waals surface area contributed by atoms with Crippen LogP contribution in [0.2, 0.25) is 0 Å². The maximum Gasteiger partial charge on any atom is 0.240 e. The fourth-order valence-electron chi connectivity index (χ4n) is 2.77. The van der Waals surface area contributed by atoms with Crippen molar-refractivity contribution in [1.29, 1.82) is 0 Å². The number of amides is 1. The van der Waals surface area contributed by atoms with Gasteiger partial charge in [0.1, 0.15) is 5.82 Å². The van der Waals surface area contributed by atoms with Crippen molar-refractivity contribution in [3.8, 4) is 0 Å². The molecular formula is C18H20N4O3S. The molecule has 0 bridgehead atoms. The maximum atomic E-state index is 12.4. The van der Waals surface area contributed by atoms with E-state index < -0.39 is 10.0 Å². The van der Waals surface area contributed by atoms with Crippen LogP contribution in [0.25, 0.3) is 11.0 Å². The molecule has 136 valence electrons. The van der Waals surface area contributed by atoms with Crippen LogP contribution < -0.4 is 10.0 Å². The molecule has 3 aromatic rings. The molecule has 0 unspecified atom stereocenters. The Morgan fingerprint density at radius 3 is 2.50 bits per heavy atom. The highest BCUT2D eigenvalue weighted by molar-refractivity contribution is 7.89. The Morgan fingerprint density at radius 1 is 1.12 bits per heavy atom. The minimum absolute atomic E-state index is 0.152. The fraction of sp³-hybridized carbons (Fsp3) is 0.222. The van der Waals surface area contributed by atoms with E-state index in [9.17, 15) is 13.2 Å². The summed E-state index contributed by atoms with van der Waals surface area (Å²) in [6, 6.07) is 13.8. The average Bonchev–Trinajstić information content (AvgIpc) is 2.90. The summed E-state index contributed by atoms with van der Waals surface area (Å²) in [4.78, 5) is 15.6. The first-order valence-corrected chi connectivity index (χ1v) is 9.64. The van der Waals surface area contributed by atoms with Gasteiger partial charge in [0, 0.05) is 25.7 Å². The summed E-state index contributed by atoms with van der Waals surface area (Å²) >= 11 is 0. The number of nitrogens with one attached hydrogen (secondary N) is 2. The quantitative estimate of drug-likeness (QED) is 0.694. The lowest BCUT2D eigenvalue weighted by Gasteiger charge is -2.10. The van der Waals surface area contributed by atoms with E-state index in [-0.39, 0.29) is 17.3 Å². The Kier molecular flexibility index (Phi) is 5.06. The van der Waals surface area contributed by atoms with Crippen LogP contribution in [0.5, 0.6) is 0 Å². The van der Waals surface area contributed by atoms with Crippen molar-refractivity contribution in [2.75, 3.05) is 11.9 Å². The summed E-state index contributed by atoms with van der Waals surface area (Å²) in [5, 5.41) is 2.60. The van der Waals surface area contributed by atoms with Crippen molar-refractivity contribution in [2.45, 2.75) is 25.3 Å². The molecule has 3 rings (SSSR count). The van der Waals surface area contributed by atoms with Gasteiger partial charge in [0.05, 0.1) is 15.9 Å². The SMILES string of the molecule is CC(=O)Nc1ccc(S(=O)(=O)NCCn2c(C)nc3ccccc32)cc1. The van der Waals surface area contributed by atoms with Crippen LogP contribution in [-0.2, 0) is 21.4 Å². The average molecular weight is 372 g/mol. The zero-order chi connectivity index (χ0) is 18.7. The molecule has 0 radical (unpaired) electrons. The first kappa shape index (κ1) is 18.1. The molecule has 0 aliphatic rings. The first-order valence-electron chi connectivity index (χ1n) is 8.16. The van der Waals surface area contributed by atoms with Crippen molar-refractivity contribution in [3.05, 3.63) is 54.4 Å². The first-order chi connectivity index (χ1) is 12.4. The van der Waals surface area contributed by atoms with Crippen molar-refractivity contribution in [1.82, 2.24) is 14.3 Å². The van der Waals surface area contributed by atoms with Gasteiger partial charge in [-0.05, 0) is 43.3 Å². The molecule has 0 spiro atoms. The molecule has 1 aromatic heterocycles. The van der Waals surface area contributed by atoms with Crippen LogP contribution in [-0.4, -0.2) is 30.4 Å². The zero-order valence-corrected chi connectivity index (χ0v) is 15.4. The van der Waals surface area contributed by atoms with Gasteiger partial charge >= 0.3 is 0 Å². The Hall–Kier alpha value is -2.71. The van der Waals surface area contributed by atoms with Gasteiger partial charge in [-0.1, -0.05) is 12.1 Å². The standard InChI is InChI=1S/C18H20N4O3S/c1-13-20-17-5-3-4-6-18(17)22(13)12-11-19-26(24,25)16-9-7-15(8-10-16)21-14(2)23/h3-10,19H,11-12H2,1-2H3,(H,21,23). The van der Waals surface area contributed by atoms with E-state index >= 15 is 0 Å². The minimum atomic E-state index is -3.62. The van der Waals surface area contributed by atoms with Crippen LogP contribution >= 0.6 is 0 Å². The summed E-state index contributed by atoms with van der Waals surface area (Å²) in [7, 11) is -3.62. The van der Waals surface area contributed by atoms with Crippen LogP contribution in [0.15, 0.2) is 53.4 Å². The van der Waals surface area contributed by atoms with Gasteiger partial charge < -0.3 is 9.88 Å². The highest BCUT2D eigenvalue weighted by Gasteiger charge is 2.14. The number of nitrogens with zero attached hydrogens (tertiary/aromatic N) is 2. The van der Waals surface area contributed by atoms with E-state index in [4.69, 9.17) is 0 Å². The van der Waals surface area contributed by atoms with Gasteiger partial charge in [0.2, 0.25) is 15.9 Å². The molecule has 0 aliphatic carbocycles. The molecular weight excluding hydrogens is 352 g/mol. The van der Waals surface area contributed by atoms with Crippen molar-refractivity contribution in [3.63, 3.8) is 0 Å². The van der Waals surface area contributed by atoms with E-state index in [0.717, 1.165) is 16.9 Å². The lowest BCUT2D eigenvalue weighted by molar-refractivity contribution is -0.114.